The number of Topliss-reactive ketones (excluding diaryl/α,β-unsaturated/α-hetero) is 2. The molecule has 0 fully saturated rings. The van der Waals surface area contributed by atoms with Crippen LogP contribution in [0.1, 0.15) is 58.2 Å². The Morgan fingerprint density at radius 2 is 1.07 bits per heavy atom. The van der Waals surface area contributed by atoms with Crippen LogP contribution in [-0.4, -0.2) is 97.7 Å². The van der Waals surface area contributed by atoms with Gasteiger partial charge in [0, 0.05) is 29.9 Å². The Kier molecular flexibility index (Phi) is 16.4. The summed E-state index contributed by atoms with van der Waals surface area (Å²) in [5.41, 5.74) is 10.7. The fourth-order valence-corrected chi connectivity index (χ4v) is 7.78. The zero-order chi connectivity index (χ0) is 43.4. The zero-order valence-corrected chi connectivity index (χ0v) is 33.9. The topological polar surface area (TPSA) is 287 Å². The van der Waals surface area contributed by atoms with Crippen molar-refractivity contribution in [3.8, 4) is 11.5 Å². The summed E-state index contributed by atoms with van der Waals surface area (Å²) in [7, 11) is 2.11. The average molecular weight is 843 g/mol. The molecule has 1 atom stereocenters. The Morgan fingerprint density at radius 1 is 0.672 bits per heavy atom. The molecule has 7 N–H and O–H groups in total. The Labute approximate surface area is 339 Å². The highest BCUT2D eigenvalue weighted by atomic mass is 32.1. The van der Waals surface area contributed by atoms with Gasteiger partial charge in [-0.2, -0.15) is 0 Å². The largest absolute Gasteiger partial charge is 0.483 e. The van der Waals surface area contributed by atoms with Crippen molar-refractivity contribution in [3.05, 3.63) is 57.3 Å². The molecule has 310 valence electrons. The molecule has 2 aromatic heterocycles. The van der Waals surface area contributed by atoms with Gasteiger partial charge in [0.2, 0.25) is 6.04 Å². The number of nitrogens with two attached hydrogens (primary N) is 2. The van der Waals surface area contributed by atoms with E-state index in [4.69, 9.17) is 26.0 Å². The van der Waals surface area contributed by atoms with Gasteiger partial charge in [-0.15, -0.1) is 22.7 Å². The summed E-state index contributed by atoms with van der Waals surface area (Å²) in [6, 6.07) is 7.32. The van der Waals surface area contributed by atoms with Crippen LogP contribution in [0.4, 0.5) is 0 Å². The van der Waals surface area contributed by atoms with Crippen molar-refractivity contribution >= 4 is 95.9 Å². The summed E-state index contributed by atoms with van der Waals surface area (Å²) in [6.45, 7) is 6.03. The number of esters is 2. The van der Waals surface area contributed by atoms with Crippen molar-refractivity contribution in [1.82, 2.24) is 10.6 Å². The first-order chi connectivity index (χ1) is 27.4. The summed E-state index contributed by atoms with van der Waals surface area (Å²) in [5, 5.41) is 14.5. The van der Waals surface area contributed by atoms with Crippen LogP contribution < -0.4 is 31.6 Å². The number of carbonyl (C=O) groups excluding carboxylic acids is 8. The van der Waals surface area contributed by atoms with Crippen LogP contribution in [0.3, 0.4) is 0 Å². The maximum Gasteiger partial charge on any atom is 0.340 e. The van der Waals surface area contributed by atoms with Crippen molar-refractivity contribution in [1.29, 1.82) is 0 Å². The number of aryl methyl sites for hydroxylation is 2. The lowest BCUT2D eigenvalue weighted by Gasteiger charge is -2.18. The molecule has 58 heavy (non-hydrogen) atoms. The maximum atomic E-state index is 12.3. The zero-order valence-electron chi connectivity index (χ0n) is 32.3. The number of benzene rings is 2. The van der Waals surface area contributed by atoms with Gasteiger partial charge < -0.3 is 46.2 Å². The molecular weight excluding hydrogens is 801 g/mol. The third-order valence-electron chi connectivity index (χ3n) is 8.19. The van der Waals surface area contributed by atoms with Crippen molar-refractivity contribution in [2.45, 2.75) is 52.6 Å². The van der Waals surface area contributed by atoms with Gasteiger partial charge in [-0.3, -0.25) is 28.8 Å². The van der Waals surface area contributed by atoms with Crippen LogP contribution in [0.5, 0.6) is 11.5 Å². The third-order valence-corrected chi connectivity index (χ3v) is 10.8. The molecular formula is C38H42N4O14S2. The monoisotopic (exact) mass is 842 g/mol. The molecule has 0 saturated carbocycles. The molecule has 0 saturated heterocycles. The minimum absolute atomic E-state index is 0.142. The van der Waals surface area contributed by atoms with Crippen LogP contribution >= 0.6 is 22.7 Å². The highest BCUT2D eigenvalue weighted by molar-refractivity contribution is 7.20. The van der Waals surface area contributed by atoms with E-state index in [1.54, 1.807) is 44.2 Å². The number of primary amides is 2. The Hall–Kier alpha value is -6.41. The van der Waals surface area contributed by atoms with E-state index >= 15 is 0 Å². The molecule has 2 heterocycles. The quantitative estimate of drug-likeness (QED) is 0.0415. The van der Waals surface area contributed by atoms with Gasteiger partial charge in [-0.05, 0) is 43.0 Å². The van der Waals surface area contributed by atoms with Crippen molar-refractivity contribution < 1.29 is 67.2 Å². The number of methoxy groups -OCH3 is 2. The predicted molar refractivity (Wildman–Crippen MR) is 211 cm³/mol. The molecule has 2 aromatic carbocycles. The van der Waals surface area contributed by atoms with Crippen LogP contribution in [-0.2, 0) is 55.9 Å². The van der Waals surface area contributed by atoms with Gasteiger partial charge >= 0.3 is 17.9 Å². The molecule has 0 unspecified atom stereocenters. The van der Waals surface area contributed by atoms with E-state index in [0.29, 0.717) is 38.1 Å². The lowest BCUT2D eigenvalue weighted by Crippen LogP contribution is -2.49. The van der Waals surface area contributed by atoms with Gasteiger partial charge in [0.15, 0.2) is 13.2 Å². The molecule has 0 spiro atoms. The molecule has 0 aliphatic carbocycles. The van der Waals surface area contributed by atoms with E-state index in [1.165, 1.54) is 28.7 Å². The number of fused-ring (bicyclic) bond motifs is 2. The van der Waals surface area contributed by atoms with E-state index in [2.05, 4.69) is 20.1 Å². The standard InChI is InChI=1S/C19H20N2O8S.C19H22N2O6S/c1-4-10-14(16(23)17(20)24)13-9(6-5-7-11(13)30-10)29-8-12(22)21-15(18(25)27-2)19(26)28-3;1-4-11-15(17(23)18(20)24)14-10(6-5-7-12(14)28-11)27-8-13(22)21-16(9(2)3)19(25)26/h5-7,15H,4,8H2,1-3H3,(H2,20,24)(H,21,22);5-7,9,16H,4,8H2,1-3H3,(H2,20,24)(H,21,22)(H,25,26)/t;16-/m.0/s1. The average Bonchev–Trinajstić information content (AvgIpc) is 3.78. The number of rotatable bonds is 18. The molecule has 4 rings (SSSR count). The van der Waals surface area contributed by atoms with E-state index in [9.17, 15) is 43.2 Å². The number of ether oxygens (including phenoxy) is 4. The number of ketones is 2. The number of carboxylic acids is 1. The maximum absolute atomic E-state index is 12.3. The molecule has 0 aliphatic heterocycles. The van der Waals surface area contributed by atoms with Crippen molar-refractivity contribution in [3.63, 3.8) is 0 Å². The molecule has 4 aromatic rings. The first-order valence-electron chi connectivity index (χ1n) is 17.4. The Morgan fingerprint density at radius 3 is 1.40 bits per heavy atom. The van der Waals surface area contributed by atoms with Gasteiger partial charge in [0.1, 0.15) is 17.5 Å². The molecule has 0 bridgehead atoms. The van der Waals surface area contributed by atoms with Crippen LogP contribution in [0.15, 0.2) is 36.4 Å². The molecule has 4 amide bonds. The third kappa shape index (κ3) is 10.9. The number of nitrogens with one attached hydrogen (secondary N) is 2. The second kappa shape index (κ2) is 20.7. The van der Waals surface area contributed by atoms with E-state index in [-0.39, 0.29) is 28.5 Å². The van der Waals surface area contributed by atoms with E-state index in [1.807, 2.05) is 13.8 Å². The van der Waals surface area contributed by atoms with E-state index in [0.717, 1.165) is 18.9 Å². The van der Waals surface area contributed by atoms with Gasteiger partial charge in [-0.25, -0.2) is 14.4 Å². The normalized spacial score (nSPS) is 11.2. The number of thiophene rings is 2. The fraction of sp³-hybridized carbons (Fsp3) is 0.342. The van der Waals surface area contributed by atoms with Crippen LogP contribution in [0.25, 0.3) is 20.2 Å². The number of aliphatic carboxylic acids is 1. The Bertz CT molecular complexity index is 2250. The van der Waals surface area contributed by atoms with Crippen molar-refractivity contribution in [2.24, 2.45) is 17.4 Å². The van der Waals surface area contributed by atoms with E-state index < -0.39 is 78.4 Å². The van der Waals surface area contributed by atoms with Crippen LogP contribution in [0, 0.1) is 5.92 Å². The second-order valence-corrected chi connectivity index (χ2v) is 14.7. The minimum atomic E-state index is -1.65. The molecule has 0 radical (unpaired) electrons. The summed E-state index contributed by atoms with van der Waals surface area (Å²) in [5.74, 6) is -8.25. The SMILES string of the molecule is CCc1sc2cccc(OCC(=O)NC(C(=O)OC)C(=O)OC)c2c1C(=O)C(N)=O.CCc1sc2cccc(OCC(=O)N[C@H](C(=O)O)C(C)C)c2c1C(=O)C(N)=O. The number of amides is 4. The summed E-state index contributed by atoms with van der Waals surface area (Å²) in [6.07, 6.45) is 1.02. The van der Waals surface area contributed by atoms with Gasteiger partial charge in [-0.1, -0.05) is 39.8 Å². The van der Waals surface area contributed by atoms with Gasteiger partial charge in [0.25, 0.3) is 35.2 Å². The fourth-order valence-electron chi connectivity index (χ4n) is 5.46. The summed E-state index contributed by atoms with van der Waals surface area (Å²) in [4.78, 5) is 108. The number of hydrogen-bond acceptors (Lipinski definition) is 15. The molecule has 0 aliphatic rings. The summed E-state index contributed by atoms with van der Waals surface area (Å²) < 4.78 is 21.4. The number of hydrogen-bond donors (Lipinski definition) is 5. The number of carboxylic acid groups (broad SMARTS) is 1. The first-order valence-corrected chi connectivity index (χ1v) is 19.0. The highest BCUT2D eigenvalue weighted by Gasteiger charge is 2.31. The highest BCUT2D eigenvalue weighted by Crippen LogP contribution is 2.39. The number of carbonyl (C=O) groups is 9. The molecule has 20 heteroatoms. The first kappa shape index (κ1) is 46.0. The lowest BCUT2D eigenvalue weighted by atomic mass is 10.0. The smallest absolute Gasteiger partial charge is 0.340 e. The summed E-state index contributed by atoms with van der Waals surface area (Å²) >= 11 is 2.66. The lowest BCUT2D eigenvalue weighted by molar-refractivity contribution is -0.157. The van der Waals surface area contributed by atoms with Crippen molar-refractivity contribution in [2.75, 3.05) is 27.4 Å². The minimum Gasteiger partial charge on any atom is -0.483 e. The second-order valence-electron chi connectivity index (χ2n) is 12.4. The predicted octanol–water partition coefficient (Wildman–Crippen LogP) is 2.08. The van der Waals surface area contributed by atoms with Gasteiger partial charge in [0.05, 0.1) is 25.3 Å². The van der Waals surface area contributed by atoms with Crippen LogP contribution in [0.2, 0.25) is 0 Å². The molecule has 18 nitrogen and oxygen atoms in total. The Balaban J connectivity index is 0.000000311.